The van der Waals surface area contributed by atoms with Gasteiger partial charge in [-0.3, -0.25) is 4.79 Å². The summed E-state index contributed by atoms with van der Waals surface area (Å²) >= 11 is 0. The van der Waals surface area contributed by atoms with Crippen molar-refractivity contribution in [3.63, 3.8) is 0 Å². The number of hydrogen-bond acceptors (Lipinski definition) is 3. The van der Waals surface area contributed by atoms with Crippen molar-refractivity contribution < 1.29 is 18.0 Å². The number of alkyl halides is 2. The van der Waals surface area contributed by atoms with Gasteiger partial charge in [-0.05, 0) is 54.2 Å². The van der Waals surface area contributed by atoms with Crippen LogP contribution in [0.4, 0.5) is 18.9 Å². The van der Waals surface area contributed by atoms with Crippen LogP contribution in [-0.2, 0) is 6.54 Å². The summed E-state index contributed by atoms with van der Waals surface area (Å²) in [4.78, 5) is 12.3. The van der Waals surface area contributed by atoms with Crippen molar-refractivity contribution in [2.45, 2.75) is 31.7 Å². The van der Waals surface area contributed by atoms with E-state index in [-0.39, 0.29) is 12.1 Å². The number of hydrogen-bond donors (Lipinski definition) is 3. The molecule has 2 aromatic carbocycles. The first-order valence-electron chi connectivity index (χ1n) is 8.20. The quantitative estimate of drug-likeness (QED) is 0.534. The lowest BCUT2D eigenvalue weighted by atomic mass is 9.96. The van der Waals surface area contributed by atoms with E-state index in [1.807, 2.05) is 6.07 Å². The highest BCUT2D eigenvalue weighted by Gasteiger charge is 2.27. The molecule has 0 heterocycles. The lowest BCUT2D eigenvalue weighted by Crippen LogP contribution is -2.24. The smallest absolute Gasteiger partial charge is 0.266 e. The van der Waals surface area contributed by atoms with E-state index in [1.165, 1.54) is 6.07 Å². The fourth-order valence-electron chi connectivity index (χ4n) is 2.96. The van der Waals surface area contributed by atoms with Gasteiger partial charge in [-0.25, -0.2) is 13.2 Å². The highest BCUT2D eigenvalue weighted by molar-refractivity contribution is 5.94. The summed E-state index contributed by atoms with van der Waals surface area (Å²) in [7, 11) is 0. The molecule has 0 unspecified atom stereocenters. The first kappa shape index (κ1) is 18.0. The molecule has 0 atom stereocenters. The molecule has 0 aliphatic heterocycles. The normalized spacial score (nSPS) is 13.7. The minimum absolute atomic E-state index is 0.0415. The molecule has 0 aromatic heterocycles. The second-order valence-electron chi connectivity index (χ2n) is 6.27. The van der Waals surface area contributed by atoms with E-state index in [0.717, 1.165) is 42.3 Å². The predicted molar refractivity (Wildman–Crippen MR) is 93.2 cm³/mol. The van der Waals surface area contributed by atoms with Gasteiger partial charge < -0.3 is 16.5 Å². The highest BCUT2D eigenvalue weighted by atomic mass is 19.3. The van der Waals surface area contributed by atoms with E-state index in [9.17, 15) is 18.0 Å². The summed E-state index contributed by atoms with van der Waals surface area (Å²) in [5, 5.41) is 10.3. The molecule has 26 heavy (non-hydrogen) atoms. The molecule has 4 N–H and O–H groups in total. The van der Waals surface area contributed by atoms with Crippen molar-refractivity contribution in [3.8, 4) is 0 Å². The van der Waals surface area contributed by atoms with Gasteiger partial charge in [-0.15, -0.1) is 0 Å². The molecule has 1 aliphatic carbocycles. The maximum absolute atomic E-state index is 13.7. The van der Waals surface area contributed by atoms with Gasteiger partial charge in [0.05, 0.1) is 5.56 Å². The molecule has 1 saturated carbocycles. The van der Waals surface area contributed by atoms with Gasteiger partial charge in [0.15, 0.2) is 0 Å². The van der Waals surface area contributed by atoms with Crippen molar-refractivity contribution in [3.05, 3.63) is 64.0 Å². The van der Waals surface area contributed by atoms with E-state index >= 15 is 0 Å². The van der Waals surface area contributed by atoms with Crippen LogP contribution in [-0.4, -0.2) is 12.1 Å². The fraction of sp³-hybridized carbons (Fsp3) is 0.263. The van der Waals surface area contributed by atoms with Gasteiger partial charge in [0, 0.05) is 29.6 Å². The maximum atomic E-state index is 13.7. The van der Waals surface area contributed by atoms with E-state index < -0.39 is 23.7 Å². The second kappa shape index (κ2) is 7.19. The average Bonchev–Trinajstić information content (AvgIpc) is 3.44. The number of nitrogens with two attached hydrogens (primary N) is 1. The third-order valence-corrected chi connectivity index (χ3v) is 4.51. The number of halogens is 3. The number of nitrogens with one attached hydrogen (secondary N) is 2. The van der Waals surface area contributed by atoms with E-state index in [0.29, 0.717) is 17.2 Å². The summed E-state index contributed by atoms with van der Waals surface area (Å²) in [5.41, 5.74) is 7.94. The molecular weight excluding hydrogens is 343 g/mol. The van der Waals surface area contributed by atoms with Crippen LogP contribution in [0.15, 0.2) is 30.3 Å². The van der Waals surface area contributed by atoms with E-state index in [2.05, 4.69) is 5.32 Å². The van der Waals surface area contributed by atoms with Crippen molar-refractivity contribution in [2.24, 2.45) is 0 Å². The number of carbonyl (C=O) groups excluding carboxylic acids is 1. The number of nitrogen functional groups attached to an aromatic ring is 1. The van der Waals surface area contributed by atoms with Crippen LogP contribution in [0.3, 0.4) is 0 Å². The first-order valence-corrected chi connectivity index (χ1v) is 8.20. The monoisotopic (exact) mass is 361 g/mol. The molecule has 136 valence electrons. The average molecular weight is 361 g/mol. The Morgan fingerprint density at radius 2 is 2.04 bits per heavy atom. The lowest BCUT2D eigenvalue weighted by Gasteiger charge is -2.15. The Morgan fingerprint density at radius 1 is 1.31 bits per heavy atom. The molecule has 3 rings (SSSR count). The van der Waals surface area contributed by atoms with Crippen molar-refractivity contribution in [1.29, 1.82) is 5.41 Å². The summed E-state index contributed by atoms with van der Waals surface area (Å²) in [6.45, 7) is 0.124. The van der Waals surface area contributed by atoms with Crippen molar-refractivity contribution >= 4 is 17.8 Å². The molecule has 2 aromatic rings. The standard InChI is InChI=1S/C19H18F3N3O/c20-16-7-11(3-4-13(16)18(21)22)19(26)25-9-15-12(10-1-2-10)5-6-17(24)14(15)8-23/h3-8,10,18,23H,1-2,9,24H2,(H,25,26). The summed E-state index contributed by atoms with van der Waals surface area (Å²) in [5.74, 6) is -1.30. The number of rotatable bonds is 6. The van der Waals surface area contributed by atoms with Gasteiger partial charge in [-0.2, -0.15) is 0 Å². The molecule has 1 aliphatic rings. The molecule has 1 amide bonds. The molecule has 0 radical (unpaired) electrons. The second-order valence-corrected chi connectivity index (χ2v) is 6.27. The Balaban J connectivity index is 1.81. The van der Waals surface area contributed by atoms with E-state index in [4.69, 9.17) is 11.1 Å². The number of anilines is 1. The third-order valence-electron chi connectivity index (χ3n) is 4.51. The predicted octanol–water partition coefficient (Wildman–Crippen LogP) is 4.15. The van der Waals surface area contributed by atoms with Gasteiger partial charge in [-0.1, -0.05) is 6.07 Å². The number of benzene rings is 2. The van der Waals surface area contributed by atoms with Crippen molar-refractivity contribution in [2.75, 3.05) is 5.73 Å². The van der Waals surface area contributed by atoms with Gasteiger partial charge in [0.2, 0.25) is 0 Å². The third kappa shape index (κ3) is 3.56. The lowest BCUT2D eigenvalue weighted by molar-refractivity contribution is 0.0949. The number of amides is 1. The highest BCUT2D eigenvalue weighted by Crippen LogP contribution is 2.43. The fourth-order valence-corrected chi connectivity index (χ4v) is 2.96. The zero-order valence-electron chi connectivity index (χ0n) is 13.9. The van der Waals surface area contributed by atoms with Crippen LogP contribution in [0.2, 0.25) is 0 Å². The van der Waals surface area contributed by atoms with Crippen molar-refractivity contribution in [1.82, 2.24) is 5.32 Å². The van der Waals surface area contributed by atoms with E-state index in [1.54, 1.807) is 6.07 Å². The largest absolute Gasteiger partial charge is 0.398 e. The molecule has 0 spiro atoms. The summed E-state index contributed by atoms with van der Waals surface area (Å²) < 4.78 is 38.9. The Bertz CT molecular complexity index is 863. The molecule has 7 heteroatoms. The van der Waals surface area contributed by atoms with Crippen LogP contribution in [0.5, 0.6) is 0 Å². The van der Waals surface area contributed by atoms with Crippen LogP contribution >= 0.6 is 0 Å². The van der Waals surface area contributed by atoms with Gasteiger partial charge >= 0.3 is 0 Å². The maximum Gasteiger partial charge on any atom is 0.266 e. The van der Waals surface area contributed by atoms with Gasteiger partial charge in [0.25, 0.3) is 12.3 Å². The zero-order chi connectivity index (χ0) is 18.8. The SMILES string of the molecule is N=Cc1c(N)ccc(C2CC2)c1CNC(=O)c1ccc(C(F)F)c(F)c1. The van der Waals surface area contributed by atoms with Crippen LogP contribution in [0.1, 0.15) is 57.8 Å². The summed E-state index contributed by atoms with van der Waals surface area (Å²) in [6.07, 6.45) is 0.307. The molecular formula is C19H18F3N3O. The Labute approximate surface area is 148 Å². The zero-order valence-corrected chi connectivity index (χ0v) is 13.9. The van der Waals surface area contributed by atoms with Crippen LogP contribution < -0.4 is 11.1 Å². The molecule has 0 bridgehead atoms. The summed E-state index contributed by atoms with van der Waals surface area (Å²) in [6, 6.07) is 6.53. The molecule has 4 nitrogen and oxygen atoms in total. The Hall–Kier alpha value is -2.83. The van der Waals surface area contributed by atoms with Crippen LogP contribution in [0, 0.1) is 11.2 Å². The first-order chi connectivity index (χ1) is 12.4. The van der Waals surface area contributed by atoms with Gasteiger partial charge in [0.1, 0.15) is 5.82 Å². The number of carbonyl (C=O) groups is 1. The Kier molecular flexibility index (Phi) is 4.97. The topological polar surface area (TPSA) is 79.0 Å². The Morgan fingerprint density at radius 3 is 2.62 bits per heavy atom. The minimum atomic E-state index is -2.93. The minimum Gasteiger partial charge on any atom is -0.398 e. The molecule has 1 fully saturated rings. The van der Waals surface area contributed by atoms with Crippen LogP contribution in [0.25, 0.3) is 0 Å². The molecule has 0 saturated heterocycles.